The van der Waals surface area contributed by atoms with Gasteiger partial charge in [0.1, 0.15) is 11.6 Å². The summed E-state index contributed by atoms with van der Waals surface area (Å²) in [6.45, 7) is 1.80. The van der Waals surface area contributed by atoms with Crippen LogP contribution in [0.4, 0.5) is 4.39 Å². The Hall–Kier alpha value is -1.68. The van der Waals surface area contributed by atoms with Crippen LogP contribution in [-0.2, 0) is 0 Å². The third-order valence-electron chi connectivity index (χ3n) is 1.98. The van der Waals surface area contributed by atoms with Gasteiger partial charge in [-0.3, -0.25) is 0 Å². The summed E-state index contributed by atoms with van der Waals surface area (Å²) in [5.74, 6) is 0.167. The van der Waals surface area contributed by atoms with Gasteiger partial charge in [0.05, 0.1) is 0 Å². The smallest absolute Gasteiger partial charge is 0.257 e. The molecule has 0 aliphatic heterocycles. The molecule has 1 aromatic heterocycles. The lowest BCUT2D eigenvalue weighted by molar-refractivity contribution is 0.452. The highest BCUT2D eigenvalue weighted by Crippen LogP contribution is 2.27. The molecule has 0 saturated carbocycles. The minimum Gasteiger partial charge on any atom is -0.436 e. The van der Waals surface area contributed by atoms with Crippen molar-refractivity contribution in [3.05, 3.63) is 47.1 Å². The Kier molecular flexibility index (Phi) is 3.01. The van der Waals surface area contributed by atoms with Crippen molar-refractivity contribution in [2.24, 2.45) is 0 Å². The van der Waals surface area contributed by atoms with E-state index in [2.05, 4.69) is 9.97 Å². The third kappa shape index (κ3) is 2.28. The second-order valence-electron chi connectivity index (χ2n) is 3.16. The molecule has 82 valence electrons. The van der Waals surface area contributed by atoms with Gasteiger partial charge < -0.3 is 4.74 Å². The van der Waals surface area contributed by atoms with Crippen LogP contribution < -0.4 is 4.74 Å². The van der Waals surface area contributed by atoms with Gasteiger partial charge in [0.2, 0.25) is 0 Å². The lowest BCUT2D eigenvalue weighted by atomic mass is 10.2. The predicted octanol–water partition coefficient (Wildman–Crippen LogP) is 3.37. The second kappa shape index (κ2) is 4.45. The van der Waals surface area contributed by atoms with Crippen LogP contribution in [0.5, 0.6) is 11.6 Å². The maximum Gasteiger partial charge on any atom is 0.257 e. The molecule has 0 unspecified atom stereocenters. The summed E-state index contributed by atoms with van der Waals surface area (Å²) >= 11 is 5.77. The summed E-state index contributed by atoms with van der Waals surface area (Å²) in [6.07, 6.45) is 2.91. The Morgan fingerprint density at radius 3 is 2.75 bits per heavy atom. The Morgan fingerprint density at radius 2 is 2.00 bits per heavy atom. The number of nitrogens with zero attached hydrogens (tertiary/aromatic N) is 2. The molecule has 3 nitrogen and oxygen atoms in total. The van der Waals surface area contributed by atoms with E-state index in [0.29, 0.717) is 5.75 Å². The van der Waals surface area contributed by atoms with Gasteiger partial charge in [-0.1, -0.05) is 17.7 Å². The standard InChI is InChI=1S/C11H8ClFN2O/c1-7-2-3-8(13)6-9(7)16-11-10(12)14-4-5-15-11/h2-6H,1H3. The van der Waals surface area contributed by atoms with E-state index in [9.17, 15) is 4.39 Å². The number of rotatable bonds is 2. The van der Waals surface area contributed by atoms with Crippen molar-refractivity contribution in [3.63, 3.8) is 0 Å². The number of ether oxygens (including phenoxy) is 1. The normalized spacial score (nSPS) is 10.2. The first-order chi connectivity index (χ1) is 7.66. The summed E-state index contributed by atoms with van der Waals surface area (Å²) in [7, 11) is 0. The fourth-order valence-electron chi connectivity index (χ4n) is 1.16. The summed E-state index contributed by atoms with van der Waals surface area (Å²) < 4.78 is 18.4. The highest BCUT2D eigenvalue weighted by atomic mass is 35.5. The highest BCUT2D eigenvalue weighted by molar-refractivity contribution is 6.30. The van der Waals surface area contributed by atoms with E-state index in [0.717, 1.165) is 5.56 Å². The van der Waals surface area contributed by atoms with E-state index in [1.807, 2.05) is 0 Å². The zero-order valence-corrected chi connectivity index (χ0v) is 9.20. The van der Waals surface area contributed by atoms with E-state index in [4.69, 9.17) is 16.3 Å². The number of benzene rings is 1. The molecular formula is C11H8ClFN2O. The number of halogens is 2. The topological polar surface area (TPSA) is 35.0 Å². The van der Waals surface area contributed by atoms with Crippen LogP contribution >= 0.6 is 11.6 Å². The number of aromatic nitrogens is 2. The van der Waals surface area contributed by atoms with Crippen LogP contribution in [-0.4, -0.2) is 9.97 Å². The molecule has 2 rings (SSSR count). The minimum atomic E-state index is -0.374. The molecular weight excluding hydrogens is 231 g/mol. The lowest BCUT2D eigenvalue weighted by Crippen LogP contribution is -1.93. The third-order valence-corrected chi connectivity index (χ3v) is 2.24. The number of hydrogen-bond donors (Lipinski definition) is 0. The van der Waals surface area contributed by atoms with Crippen molar-refractivity contribution in [1.29, 1.82) is 0 Å². The molecule has 16 heavy (non-hydrogen) atoms. The van der Waals surface area contributed by atoms with Crippen molar-refractivity contribution >= 4 is 11.6 Å². The zero-order valence-electron chi connectivity index (χ0n) is 8.45. The summed E-state index contributed by atoms with van der Waals surface area (Å²) in [5.41, 5.74) is 0.795. The van der Waals surface area contributed by atoms with Crippen LogP contribution in [0.3, 0.4) is 0 Å². The first kappa shape index (κ1) is 10.8. The minimum absolute atomic E-state index is 0.145. The van der Waals surface area contributed by atoms with E-state index in [1.165, 1.54) is 24.5 Å². The Balaban J connectivity index is 2.34. The van der Waals surface area contributed by atoms with Crippen LogP contribution in [0, 0.1) is 12.7 Å². The maximum absolute atomic E-state index is 13.0. The van der Waals surface area contributed by atoms with Gasteiger partial charge in [-0.05, 0) is 18.6 Å². The van der Waals surface area contributed by atoms with Gasteiger partial charge in [-0.2, -0.15) is 0 Å². The molecule has 1 heterocycles. The van der Waals surface area contributed by atoms with Gasteiger partial charge in [-0.15, -0.1) is 0 Å². The summed E-state index contributed by atoms with van der Waals surface area (Å²) in [4.78, 5) is 7.72. The first-order valence-electron chi connectivity index (χ1n) is 4.57. The fourth-order valence-corrected chi connectivity index (χ4v) is 1.31. The maximum atomic E-state index is 13.0. The molecule has 1 aromatic carbocycles. The molecule has 0 fully saturated rings. The van der Waals surface area contributed by atoms with Crippen molar-refractivity contribution in [2.45, 2.75) is 6.92 Å². The average molecular weight is 239 g/mol. The van der Waals surface area contributed by atoms with E-state index >= 15 is 0 Å². The van der Waals surface area contributed by atoms with Gasteiger partial charge in [0.25, 0.3) is 5.88 Å². The molecule has 0 atom stereocenters. The molecule has 0 aliphatic rings. The van der Waals surface area contributed by atoms with Crippen molar-refractivity contribution in [1.82, 2.24) is 9.97 Å². The number of hydrogen-bond acceptors (Lipinski definition) is 3. The van der Waals surface area contributed by atoms with Crippen molar-refractivity contribution < 1.29 is 9.13 Å². The van der Waals surface area contributed by atoms with Gasteiger partial charge in [-0.25, -0.2) is 14.4 Å². The molecule has 0 aliphatic carbocycles. The molecule has 0 bridgehead atoms. The van der Waals surface area contributed by atoms with Crippen LogP contribution in [0.1, 0.15) is 5.56 Å². The average Bonchev–Trinajstić information content (AvgIpc) is 2.27. The van der Waals surface area contributed by atoms with Gasteiger partial charge in [0, 0.05) is 18.5 Å². The second-order valence-corrected chi connectivity index (χ2v) is 3.52. The Labute approximate surface area is 96.9 Å². The van der Waals surface area contributed by atoms with Crippen LogP contribution in [0.15, 0.2) is 30.6 Å². The molecule has 0 spiro atoms. The van der Waals surface area contributed by atoms with E-state index in [1.54, 1.807) is 13.0 Å². The quantitative estimate of drug-likeness (QED) is 0.805. The fraction of sp³-hybridized carbons (Fsp3) is 0.0909. The van der Waals surface area contributed by atoms with E-state index in [-0.39, 0.29) is 16.9 Å². The monoisotopic (exact) mass is 238 g/mol. The summed E-state index contributed by atoms with van der Waals surface area (Å²) in [5, 5.41) is 0.145. The predicted molar refractivity (Wildman–Crippen MR) is 58.3 cm³/mol. The molecule has 0 N–H and O–H groups in total. The lowest BCUT2D eigenvalue weighted by Gasteiger charge is -2.07. The van der Waals surface area contributed by atoms with Crippen LogP contribution in [0.2, 0.25) is 5.15 Å². The SMILES string of the molecule is Cc1ccc(F)cc1Oc1nccnc1Cl. The van der Waals surface area contributed by atoms with Crippen LogP contribution in [0.25, 0.3) is 0 Å². The largest absolute Gasteiger partial charge is 0.436 e. The first-order valence-corrected chi connectivity index (χ1v) is 4.95. The van der Waals surface area contributed by atoms with Gasteiger partial charge in [0.15, 0.2) is 5.15 Å². The van der Waals surface area contributed by atoms with Crippen molar-refractivity contribution in [3.8, 4) is 11.6 Å². The molecule has 0 radical (unpaired) electrons. The van der Waals surface area contributed by atoms with E-state index < -0.39 is 0 Å². The molecule has 2 aromatic rings. The highest BCUT2D eigenvalue weighted by Gasteiger charge is 2.07. The van der Waals surface area contributed by atoms with Gasteiger partial charge >= 0.3 is 0 Å². The van der Waals surface area contributed by atoms with Crippen molar-refractivity contribution in [2.75, 3.05) is 0 Å². The zero-order chi connectivity index (χ0) is 11.5. The summed E-state index contributed by atoms with van der Waals surface area (Å²) in [6, 6.07) is 4.26. The molecule has 5 heteroatoms. The number of aryl methyl sites for hydroxylation is 1. The Bertz CT molecular complexity index is 519. The molecule has 0 amide bonds. The Morgan fingerprint density at radius 1 is 1.25 bits per heavy atom. The molecule has 0 saturated heterocycles.